The summed E-state index contributed by atoms with van der Waals surface area (Å²) >= 11 is 0. The van der Waals surface area contributed by atoms with E-state index in [1.807, 2.05) is 55.5 Å². The van der Waals surface area contributed by atoms with Gasteiger partial charge in [0.05, 0.1) is 5.69 Å². The highest BCUT2D eigenvalue weighted by Gasteiger charge is 2.14. The van der Waals surface area contributed by atoms with Crippen LogP contribution in [0.1, 0.15) is 16.1 Å². The number of nitrogens with zero attached hydrogens (tertiary/aromatic N) is 1. The molecule has 4 rings (SSSR count). The molecule has 0 fully saturated rings. The van der Waals surface area contributed by atoms with E-state index < -0.39 is 0 Å². The number of benzene rings is 3. The first-order valence-electron chi connectivity index (χ1n) is 7.86. The summed E-state index contributed by atoms with van der Waals surface area (Å²) in [6, 6.07) is 22.3. The van der Waals surface area contributed by atoms with Crippen molar-refractivity contribution in [3.8, 4) is 22.6 Å². The third-order valence-corrected chi connectivity index (χ3v) is 4.22. The van der Waals surface area contributed by atoms with E-state index in [2.05, 4.69) is 23.2 Å². The quantitative estimate of drug-likeness (QED) is 0.540. The van der Waals surface area contributed by atoms with E-state index in [9.17, 15) is 4.79 Å². The zero-order valence-electron chi connectivity index (χ0n) is 13.3. The minimum Gasteiger partial charge on any atom is -0.335 e. The third kappa shape index (κ3) is 2.40. The molecule has 0 unspecified atom stereocenters. The van der Waals surface area contributed by atoms with Crippen molar-refractivity contribution in [3.05, 3.63) is 78.0 Å². The second-order valence-electron chi connectivity index (χ2n) is 5.86. The summed E-state index contributed by atoms with van der Waals surface area (Å²) in [6.07, 6.45) is 0.830. The summed E-state index contributed by atoms with van der Waals surface area (Å²) < 4.78 is 0. The molecule has 1 aromatic heterocycles. The Hall–Kier alpha value is -3.20. The molecule has 3 nitrogen and oxygen atoms in total. The summed E-state index contributed by atoms with van der Waals surface area (Å²) in [4.78, 5) is 19.4. The summed E-state index contributed by atoms with van der Waals surface area (Å²) in [5.74, 6) is 0.712. The largest absolute Gasteiger partial charge is 0.335 e. The molecule has 0 aliphatic rings. The first kappa shape index (κ1) is 14.4. The second kappa shape index (κ2) is 5.78. The van der Waals surface area contributed by atoms with Crippen molar-refractivity contribution >= 4 is 17.1 Å². The zero-order valence-corrected chi connectivity index (χ0v) is 13.3. The predicted molar refractivity (Wildman–Crippen MR) is 97.1 cm³/mol. The number of hydrogen-bond donors (Lipinski definition) is 1. The maximum absolute atomic E-state index is 11.5. The normalized spacial score (nSPS) is 10.9. The van der Waals surface area contributed by atoms with Crippen LogP contribution in [-0.4, -0.2) is 16.3 Å². The Bertz CT molecular complexity index is 1020. The molecule has 116 valence electrons. The van der Waals surface area contributed by atoms with Crippen LogP contribution in [0.4, 0.5) is 0 Å². The highest BCUT2D eigenvalue weighted by molar-refractivity contribution is 5.96. The van der Waals surface area contributed by atoms with Crippen LogP contribution in [0.3, 0.4) is 0 Å². The fraction of sp³-hybridized carbons (Fsp3) is 0.0476. The Morgan fingerprint density at radius 1 is 0.917 bits per heavy atom. The van der Waals surface area contributed by atoms with Crippen LogP contribution in [-0.2, 0) is 0 Å². The molecule has 1 N–H and O–H groups in total. The van der Waals surface area contributed by atoms with Crippen molar-refractivity contribution in [1.82, 2.24) is 9.97 Å². The Labute approximate surface area is 140 Å². The highest BCUT2D eigenvalue weighted by Crippen LogP contribution is 2.30. The van der Waals surface area contributed by atoms with Crippen molar-refractivity contribution in [3.63, 3.8) is 0 Å². The van der Waals surface area contributed by atoms with E-state index >= 15 is 0 Å². The lowest BCUT2D eigenvalue weighted by Crippen LogP contribution is -1.85. The van der Waals surface area contributed by atoms with Gasteiger partial charge in [-0.05, 0) is 17.7 Å². The molecule has 3 heteroatoms. The van der Waals surface area contributed by atoms with E-state index in [1.54, 1.807) is 0 Å². The van der Waals surface area contributed by atoms with Crippen molar-refractivity contribution in [2.24, 2.45) is 0 Å². The molecule has 3 aromatic carbocycles. The number of imidazole rings is 1. The van der Waals surface area contributed by atoms with E-state index in [1.165, 1.54) is 5.56 Å². The Morgan fingerprint density at radius 2 is 1.67 bits per heavy atom. The number of fused-ring (bicyclic) bond motifs is 1. The van der Waals surface area contributed by atoms with Crippen LogP contribution in [0.2, 0.25) is 0 Å². The van der Waals surface area contributed by atoms with Gasteiger partial charge in [-0.1, -0.05) is 72.3 Å². The molecule has 0 aliphatic heterocycles. The number of hydrogen-bond acceptors (Lipinski definition) is 2. The molecule has 0 bridgehead atoms. The van der Waals surface area contributed by atoms with Gasteiger partial charge in [-0.15, -0.1) is 0 Å². The lowest BCUT2D eigenvalue weighted by atomic mass is 10.0. The van der Waals surface area contributed by atoms with Gasteiger partial charge >= 0.3 is 0 Å². The Balaban J connectivity index is 1.90. The van der Waals surface area contributed by atoms with Crippen LogP contribution in [0.25, 0.3) is 33.4 Å². The number of nitrogens with one attached hydrogen (secondary N) is 1. The summed E-state index contributed by atoms with van der Waals surface area (Å²) in [6.45, 7) is 2.04. The zero-order chi connectivity index (χ0) is 16.5. The maximum Gasteiger partial charge on any atom is 0.168 e. The molecule has 4 aromatic rings. The van der Waals surface area contributed by atoms with Crippen molar-refractivity contribution in [2.75, 3.05) is 0 Å². The summed E-state index contributed by atoms with van der Waals surface area (Å²) in [7, 11) is 0. The number of rotatable bonds is 3. The van der Waals surface area contributed by atoms with Crippen LogP contribution in [0, 0.1) is 6.92 Å². The van der Waals surface area contributed by atoms with Gasteiger partial charge in [0.25, 0.3) is 0 Å². The summed E-state index contributed by atoms with van der Waals surface area (Å²) in [5, 5.41) is 2.26. The van der Waals surface area contributed by atoms with Gasteiger partial charge in [0.1, 0.15) is 11.5 Å². The van der Waals surface area contributed by atoms with E-state index in [4.69, 9.17) is 4.98 Å². The number of H-pyrrole nitrogens is 1. The van der Waals surface area contributed by atoms with Crippen LogP contribution in [0.5, 0.6) is 0 Å². The van der Waals surface area contributed by atoms with Crippen molar-refractivity contribution in [1.29, 1.82) is 0 Å². The fourth-order valence-electron chi connectivity index (χ4n) is 2.96. The smallest absolute Gasteiger partial charge is 0.168 e. The van der Waals surface area contributed by atoms with Crippen molar-refractivity contribution in [2.45, 2.75) is 6.92 Å². The molecule has 0 spiro atoms. The van der Waals surface area contributed by atoms with E-state index in [0.29, 0.717) is 17.2 Å². The highest BCUT2D eigenvalue weighted by atomic mass is 16.1. The molecular formula is C21H16N2O. The number of aromatic amines is 1. The molecule has 1 heterocycles. The maximum atomic E-state index is 11.5. The average molecular weight is 312 g/mol. The van der Waals surface area contributed by atoms with Gasteiger partial charge in [0, 0.05) is 11.1 Å². The van der Waals surface area contributed by atoms with Crippen LogP contribution in [0.15, 0.2) is 66.7 Å². The van der Waals surface area contributed by atoms with Gasteiger partial charge in [-0.25, -0.2) is 4.98 Å². The lowest BCUT2D eigenvalue weighted by molar-refractivity contribution is 0.112. The minimum absolute atomic E-state index is 0.502. The number of carbonyl (C=O) groups excluding carboxylic acids is 1. The van der Waals surface area contributed by atoms with Gasteiger partial charge in [0.15, 0.2) is 6.29 Å². The van der Waals surface area contributed by atoms with E-state index in [0.717, 1.165) is 28.2 Å². The van der Waals surface area contributed by atoms with Gasteiger partial charge in [0.2, 0.25) is 0 Å². The number of aromatic nitrogens is 2. The van der Waals surface area contributed by atoms with Crippen molar-refractivity contribution < 1.29 is 4.79 Å². The average Bonchev–Trinajstić information content (AvgIpc) is 3.06. The van der Waals surface area contributed by atoms with Crippen LogP contribution < -0.4 is 0 Å². The topological polar surface area (TPSA) is 45.8 Å². The van der Waals surface area contributed by atoms with E-state index in [-0.39, 0.29) is 0 Å². The lowest BCUT2D eigenvalue weighted by Gasteiger charge is -2.03. The molecule has 0 atom stereocenters. The predicted octanol–water partition coefficient (Wildman–Crippen LogP) is 5.02. The van der Waals surface area contributed by atoms with Gasteiger partial charge in [-0.2, -0.15) is 0 Å². The molecule has 24 heavy (non-hydrogen) atoms. The molecule has 0 saturated heterocycles. The molecule has 0 amide bonds. The standard InChI is InChI=1S/C21H16N2O/c1-14-9-11-16(12-10-14)20-19(13-24)22-21(23-20)18-8-4-6-15-5-2-3-7-17(15)18/h2-13H,1H3,(H,22,23). The first-order valence-corrected chi connectivity index (χ1v) is 7.86. The third-order valence-electron chi connectivity index (χ3n) is 4.22. The second-order valence-corrected chi connectivity index (χ2v) is 5.86. The number of aryl methyl sites for hydroxylation is 1. The summed E-state index contributed by atoms with van der Waals surface area (Å²) in [5.41, 5.74) is 4.30. The Kier molecular flexibility index (Phi) is 3.47. The number of carbonyl (C=O) groups is 1. The van der Waals surface area contributed by atoms with Crippen LogP contribution >= 0.6 is 0 Å². The molecule has 0 aliphatic carbocycles. The first-order chi connectivity index (χ1) is 11.8. The fourth-order valence-corrected chi connectivity index (χ4v) is 2.96. The minimum atomic E-state index is 0.502. The van der Waals surface area contributed by atoms with Gasteiger partial charge in [-0.3, -0.25) is 4.79 Å². The van der Waals surface area contributed by atoms with Gasteiger partial charge < -0.3 is 4.98 Å². The Morgan fingerprint density at radius 3 is 2.46 bits per heavy atom. The monoisotopic (exact) mass is 312 g/mol. The molecule has 0 radical (unpaired) electrons. The SMILES string of the molecule is Cc1ccc(-c2nc(-c3cccc4ccccc34)[nH]c2C=O)cc1. The molecule has 0 saturated carbocycles. The number of aldehydes is 1. The molecular weight excluding hydrogens is 296 g/mol.